The fourth-order valence-corrected chi connectivity index (χ4v) is 2.95. The number of pyridine rings is 1. The summed E-state index contributed by atoms with van der Waals surface area (Å²) in [5.74, 6) is 1.20. The standard InChI is InChI=1S/C21H24N4O2/c1-4-5-19-23-20(14(2)3)24-25(19)13-15-6-8-16(9-7-15)17-10-11-22-12-18(17)21(26)27/h6-12,14H,4-5,13H2,1-3H3,(H,26,27). The lowest BCUT2D eigenvalue weighted by Gasteiger charge is -2.08. The third-order valence-corrected chi connectivity index (χ3v) is 4.40. The topological polar surface area (TPSA) is 80.9 Å². The summed E-state index contributed by atoms with van der Waals surface area (Å²) < 4.78 is 1.98. The van der Waals surface area contributed by atoms with Gasteiger partial charge in [-0.05, 0) is 29.2 Å². The van der Waals surface area contributed by atoms with Gasteiger partial charge >= 0.3 is 5.97 Å². The van der Waals surface area contributed by atoms with Crippen molar-refractivity contribution in [1.29, 1.82) is 0 Å². The maximum absolute atomic E-state index is 11.4. The molecule has 0 fully saturated rings. The van der Waals surface area contributed by atoms with Crippen LogP contribution in [0, 0.1) is 0 Å². The minimum absolute atomic E-state index is 0.202. The number of carboxylic acid groups (broad SMARTS) is 1. The second-order valence-electron chi connectivity index (χ2n) is 6.87. The van der Waals surface area contributed by atoms with Crippen LogP contribution in [0.2, 0.25) is 0 Å². The Morgan fingerprint density at radius 3 is 2.56 bits per heavy atom. The number of carbonyl (C=O) groups is 1. The Labute approximate surface area is 158 Å². The van der Waals surface area contributed by atoms with Crippen molar-refractivity contribution >= 4 is 5.97 Å². The molecule has 27 heavy (non-hydrogen) atoms. The number of aryl methyl sites for hydroxylation is 1. The molecule has 2 heterocycles. The maximum atomic E-state index is 11.4. The van der Waals surface area contributed by atoms with E-state index in [2.05, 4.69) is 35.8 Å². The molecule has 1 N–H and O–H groups in total. The van der Waals surface area contributed by atoms with Crippen LogP contribution in [0.1, 0.15) is 60.7 Å². The van der Waals surface area contributed by atoms with Crippen molar-refractivity contribution in [2.24, 2.45) is 0 Å². The van der Waals surface area contributed by atoms with E-state index in [1.807, 2.05) is 28.9 Å². The van der Waals surface area contributed by atoms with Gasteiger partial charge in [-0.1, -0.05) is 45.0 Å². The van der Waals surface area contributed by atoms with Crippen molar-refractivity contribution < 1.29 is 9.90 Å². The zero-order chi connectivity index (χ0) is 19.4. The minimum Gasteiger partial charge on any atom is -0.478 e. The summed E-state index contributed by atoms with van der Waals surface area (Å²) in [5.41, 5.74) is 2.82. The summed E-state index contributed by atoms with van der Waals surface area (Å²) in [6, 6.07) is 9.62. The molecular weight excluding hydrogens is 340 g/mol. The lowest BCUT2D eigenvalue weighted by molar-refractivity contribution is 0.0697. The van der Waals surface area contributed by atoms with E-state index in [9.17, 15) is 9.90 Å². The van der Waals surface area contributed by atoms with Crippen molar-refractivity contribution in [3.05, 3.63) is 65.5 Å². The van der Waals surface area contributed by atoms with Gasteiger partial charge in [0.05, 0.1) is 12.1 Å². The van der Waals surface area contributed by atoms with Crippen LogP contribution in [0.15, 0.2) is 42.7 Å². The van der Waals surface area contributed by atoms with Gasteiger partial charge in [-0.2, -0.15) is 5.10 Å². The van der Waals surface area contributed by atoms with E-state index < -0.39 is 5.97 Å². The monoisotopic (exact) mass is 364 g/mol. The Balaban J connectivity index is 1.86. The van der Waals surface area contributed by atoms with Crippen LogP contribution in [-0.4, -0.2) is 30.8 Å². The zero-order valence-corrected chi connectivity index (χ0v) is 15.9. The summed E-state index contributed by atoms with van der Waals surface area (Å²) in [5, 5.41) is 14.0. The third-order valence-electron chi connectivity index (χ3n) is 4.40. The predicted molar refractivity (Wildman–Crippen MR) is 104 cm³/mol. The highest BCUT2D eigenvalue weighted by molar-refractivity contribution is 5.95. The summed E-state index contributed by atoms with van der Waals surface area (Å²) in [7, 11) is 0. The molecule has 0 radical (unpaired) electrons. The third kappa shape index (κ3) is 4.22. The van der Waals surface area contributed by atoms with E-state index >= 15 is 0 Å². The molecule has 0 unspecified atom stereocenters. The van der Waals surface area contributed by atoms with Gasteiger partial charge in [0.25, 0.3) is 0 Å². The highest BCUT2D eigenvalue weighted by atomic mass is 16.4. The van der Waals surface area contributed by atoms with Crippen LogP contribution >= 0.6 is 0 Å². The fraction of sp³-hybridized carbons (Fsp3) is 0.333. The number of aromatic carboxylic acids is 1. The molecule has 2 aromatic heterocycles. The second-order valence-corrected chi connectivity index (χ2v) is 6.87. The van der Waals surface area contributed by atoms with Crippen LogP contribution in [0.5, 0.6) is 0 Å². The summed E-state index contributed by atoms with van der Waals surface area (Å²) in [6.07, 6.45) is 4.91. The average molecular weight is 364 g/mol. The van der Waals surface area contributed by atoms with Crippen molar-refractivity contribution in [2.75, 3.05) is 0 Å². The molecule has 140 valence electrons. The molecule has 1 aromatic carbocycles. The Morgan fingerprint density at radius 1 is 1.19 bits per heavy atom. The van der Waals surface area contributed by atoms with Gasteiger partial charge in [0.15, 0.2) is 5.82 Å². The number of carboxylic acids is 1. The molecular formula is C21H24N4O2. The molecule has 0 aliphatic rings. The van der Waals surface area contributed by atoms with Crippen LogP contribution in [0.3, 0.4) is 0 Å². The van der Waals surface area contributed by atoms with Gasteiger partial charge in [-0.25, -0.2) is 14.5 Å². The molecule has 0 aliphatic carbocycles. The van der Waals surface area contributed by atoms with E-state index in [0.717, 1.165) is 35.6 Å². The van der Waals surface area contributed by atoms with E-state index in [0.29, 0.717) is 18.0 Å². The first-order valence-corrected chi connectivity index (χ1v) is 9.19. The highest BCUT2D eigenvalue weighted by Crippen LogP contribution is 2.24. The number of rotatable bonds is 7. The van der Waals surface area contributed by atoms with Crippen LogP contribution < -0.4 is 0 Å². The quantitative estimate of drug-likeness (QED) is 0.681. The van der Waals surface area contributed by atoms with Crippen molar-refractivity contribution in [1.82, 2.24) is 19.7 Å². The number of aromatic nitrogens is 4. The van der Waals surface area contributed by atoms with Gasteiger partial charge < -0.3 is 5.11 Å². The Morgan fingerprint density at radius 2 is 1.93 bits per heavy atom. The Bertz CT molecular complexity index is 930. The van der Waals surface area contributed by atoms with E-state index in [4.69, 9.17) is 0 Å². The molecule has 3 aromatic rings. The molecule has 0 saturated carbocycles. The van der Waals surface area contributed by atoms with Crippen LogP contribution in [0.25, 0.3) is 11.1 Å². The van der Waals surface area contributed by atoms with Gasteiger partial charge in [-0.15, -0.1) is 0 Å². The minimum atomic E-state index is -0.977. The van der Waals surface area contributed by atoms with Crippen LogP contribution in [0.4, 0.5) is 0 Å². The van der Waals surface area contributed by atoms with E-state index in [-0.39, 0.29) is 5.56 Å². The molecule has 0 bridgehead atoms. The lowest BCUT2D eigenvalue weighted by atomic mass is 10.0. The van der Waals surface area contributed by atoms with Gasteiger partial charge in [-0.3, -0.25) is 4.98 Å². The van der Waals surface area contributed by atoms with Crippen molar-refractivity contribution in [3.63, 3.8) is 0 Å². The maximum Gasteiger partial charge on any atom is 0.337 e. The van der Waals surface area contributed by atoms with E-state index in [1.54, 1.807) is 12.3 Å². The Kier molecular flexibility index (Phi) is 5.64. The lowest BCUT2D eigenvalue weighted by Crippen LogP contribution is -2.07. The summed E-state index contributed by atoms with van der Waals surface area (Å²) in [4.78, 5) is 20.0. The zero-order valence-electron chi connectivity index (χ0n) is 15.9. The van der Waals surface area contributed by atoms with Gasteiger partial charge in [0, 0.05) is 24.7 Å². The van der Waals surface area contributed by atoms with Crippen molar-refractivity contribution in [3.8, 4) is 11.1 Å². The summed E-state index contributed by atoms with van der Waals surface area (Å²) >= 11 is 0. The molecule has 0 aliphatic heterocycles. The first kappa shape index (κ1) is 18.8. The Hall–Kier alpha value is -3.02. The van der Waals surface area contributed by atoms with Crippen molar-refractivity contribution in [2.45, 2.75) is 46.1 Å². The van der Waals surface area contributed by atoms with Gasteiger partial charge in [0.1, 0.15) is 5.82 Å². The molecule has 0 saturated heterocycles. The van der Waals surface area contributed by atoms with Gasteiger partial charge in [0.2, 0.25) is 0 Å². The molecule has 0 amide bonds. The largest absolute Gasteiger partial charge is 0.478 e. The highest BCUT2D eigenvalue weighted by Gasteiger charge is 2.14. The SMILES string of the molecule is CCCc1nc(C(C)C)nn1Cc1ccc(-c2ccncc2C(=O)O)cc1. The van der Waals surface area contributed by atoms with E-state index in [1.165, 1.54) is 6.20 Å². The number of hydrogen-bond donors (Lipinski definition) is 1. The number of hydrogen-bond acceptors (Lipinski definition) is 4. The predicted octanol–water partition coefficient (Wildman–Crippen LogP) is 4.16. The molecule has 6 nitrogen and oxygen atoms in total. The number of nitrogens with zero attached hydrogens (tertiary/aromatic N) is 4. The van der Waals surface area contributed by atoms with Crippen LogP contribution in [-0.2, 0) is 13.0 Å². The molecule has 6 heteroatoms. The smallest absolute Gasteiger partial charge is 0.337 e. The molecule has 0 atom stereocenters. The fourth-order valence-electron chi connectivity index (χ4n) is 2.95. The molecule has 0 spiro atoms. The second kappa shape index (κ2) is 8.12. The first-order chi connectivity index (χ1) is 13.0. The number of benzene rings is 1. The normalized spacial score (nSPS) is 11.1. The average Bonchev–Trinajstić information content (AvgIpc) is 3.05. The summed E-state index contributed by atoms with van der Waals surface area (Å²) in [6.45, 7) is 6.98. The molecule has 3 rings (SSSR count). The first-order valence-electron chi connectivity index (χ1n) is 9.19.